The fraction of sp³-hybridized carbons (Fsp3) is 0.0909. The van der Waals surface area contributed by atoms with Crippen LogP contribution in [0.5, 0.6) is 0 Å². The highest BCUT2D eigenvalue weighted by atomic mass is 32.2. The monoisotopic (exact) mass is 456 g/mol. The van der Waals surface area contributed by atoms with Crippen LogP contribution in [0.2, 0.25) is 0 Å². The van der Waals surface area contributed by atoms with E-state index < -0.39 is 33.1 Å². The second-order valence-electron chi connectivity index (χ2n) is 6.88. The lowest BCUT2D eigenvalue weighted by Gasteiger charge is -2.12. The number of anilines is 1. The molecule has 0 atom stereocenters. The van der Waals surface area contributed by atoms with Crippen molar-refractivity contribution in [2.24, 2.45) is 7.05 Å². The van der Waals surface area contributed by atoms with Gasteiger partial charge in [0, 0.05) is 25.0 Å². The fourth-order valence-corrected chi connectivity index (χ4v) is 3.99. The van der Waals surface area contributed by atoms with Crippen molar-refractivity contribution in [1.82, 2.24) is 9.78 Å². The van der Waals surface area contributed by atoms with E-state index in [0.717, 1.165) is 24.3 Å². The molecule has 0 saturated carbocycles. The van der Waals surface area contributed by atoms with E-state index in [1.807, 2.05) is 6.07 Å². The van der Waals surface area contributed by atoms with Gasteiger partial charge in [-0.3, -0.25) is 14.2 Å². The molecule has 0 aliphatic heterocycles. The second-order valence-corrected chi connectivity index (χ2v) is 8.56. The van der Waals surface area contributed by atoms with Crippen molar-refractivity contribution < 1.29 is 22.0 Å². The molecular formula is C22H18F2N4O3S. The van der Waals surface area contributed by atoms with Crippen LogP contribution in [0.1, 0.15) is 27.0 Å². The molecule has 0 unspecified atom stereocenters. The van der Waals surface area contributed by atoms with Gasteiger partial charge in [0.25, 0.3) is 10.0 Å². The van der Waals surface area contributed by atoms with Gasteiger partial charge in [-0.05, 0) is 55.0 Å². The summed E-state index contributed by atoms with van der Waals surface area (Å²) in [7, 11) is -2.59. The van der Waals surface area contributed by atoms with Crippen LogP contribution < -0.4 is 4.72 Å². The third kappa shape index (κ3) is 4.84. The number of nitrogens with zero attached hydrogens (tertiary/aromatic N) is 2. The van der Waals surface area contributed by atoms with Crippen molar-refractivity contribution >= 4 is 21.5 Å². The first-order valence-electron chi connectivity index (χ1n) is 9.24. The maximum atomic E-state index is 15.2. The van der Waals surface area contributed by atoms with Crippen LogP contribution in [0, 0.1) is 29.9 Å². The summed E-state index contributed by atoms with van der Waals surface area (Å²) in [6, 6.07) is 11.2. The van der Waals surface area contributed by atoms with Gasteiger partial charge in [-0.25, -0.2) is 17.2 Å². The van der Waals surface area contributed by atoms with Gasteiger partial charge in [-0.2, -0.15) is 5.26 Å². The number of aromatic amines is 1. The van der Waals surface area contributed by atoms with E-state index >= 15 is 4.39 Å². The Morgan fingerprint density at radius 3 is 2.47 bits per heavy atom. The number of halogens is 2. The number of carbonyl (C=O) groups is 1. The van der Waals surface area contributed by atoms with Crippen molar-refractivity contribution in [3.8, 4) is 6.07 Å². The SMILES string of the molecule is Cc1cc(C#N)cn(C)[nH]cc1C(=O)c1cccc(NS(=O)(=O)c2ccc(F)cc2)c1F. The van der Waals surface area contributed by atoms with Gasteiger partial charge in [0.1, 0.15) is 11.9 Å². The Morgan fingerprint density at radius 1 is 1.12 bits per heavy atom. The average molecular weight is 456 g/mol. The van der Waals surface area contributed by atoms with E-state index in [2.05, 4.69) is 9.82 Å². The minimum absolute atomic E-state index is 0.0927. The predicted octanol–water partition coefficient (Wildman–Crippen LogP) is 3.97. The van der Waals surface area contributed by atoms with Gasteiger partial charge in [-0.15, -0.1) is 0 Å². The van der Waals surface area contributed by atoms with E-state index in [9.17, 15) is 22.9 Å². The molecule has 3 aromatic rings. The maximum Gasteiger partial charge on any atom is 0.261 e. The van der Waals surface area contributed by atoms with E-state index in [4.69, 9.17) is 0 Å². The Hall–Kier alpha value is -3.97. The van der Waals surface area contributed by atoms with Crippen LogP contribution in [0.4, 0.5) is 14.5 Å². The topological polar surface area (TPSA) is 108 Å². The molecule has 0 radical (unpaired) electrons. The number of H-pyrrole nitrogens is 1. The lowest BCUT2D eigenvalue weighted by molar-refractivity contribution is 0.103. The van der Waals surface area contributed by atoms with Gasteiger partial charge in [-0.1, -0.05) is 6.07 Å². The average Bonchev–Trinajstić information content (AvgIpc) is 2.73. The minimum atomic E-state index is -4.22. The van der Waals surface area contributed by atoms with Gasteiger partial charge in [0.05, 0.1) is 21.7 Å². The number of ketones is 1. The van der Waals surface area contributed by atoms with Crippen LogP contribution in [0.15, 0.2) is 65.8 Å². The molecule has 32 heavy (non-hydrogen) atoms. The lowest BCUT2D eigenvalue weighted by Crippen LogP contribution is -2.16. The van der Waals surface area contributed by atoms with Crippen LogP contribution in [0.25, 0.3) is 0 Å². The molecule has 2 N–H and O–H groups in total. The molecule has 0 amide bonds. The third-order valence-electron chi connectivity index (χ3n) is 4.53. The number of aromatic nitrogens is 2. The molecule has 3 rings (SSSR count). The number of sulfonamides is 1. The molecule has 0 saturated heterocycles. The quantitative estimate of drug-likeness (QED) is 0.567. The van der Waals surface area contributed by atoms with Crippen molar-refractivity contribution in [1.29, 1.82) is 5.26 Å². The molecule has 0 aliphatic rings. The molecule has 0 bridgehead atoms. The zero-order chi connectivity index (χ0) is 23.5. The Kier molecular flexibility index (Phi) is 6.41. The highest BCUT2D eigenvalue weighted by Gasteiger charge is 2.22. The van der Waals surface area contributed by atoms with E-state index in [-0.39, 0.29) is 21.6 Å². The number of hydrogen-bond donors (Lipinski definition) is 2. The van der Waals surface area contributed by atoms with E-state index in [1.54, 1.807) is 14.0 Å². The molecule has 1 aromatic heterocycles. The number of aryl methyl sites for hydroxylation is 2. The Morgan fingerprint density at radius 2 is 1.81 bits per heavy atom. The maximum absolute atomic E-state index is 15.2. The summed E-state index contributed by atoms with van der Waals surface area (Å²) in [5, 5.41) is 12.0. The molecule has 7 nitrogen and oxygen atoms in total. The van der Waals surface area contributed by atoms with E-state index in [0.29, 0.717) is 5.56 Å². The van der Waals surface area contributed by atoms with Gasteiger partial charge in [0.2, 0.25) is 0 Å². The number of nitrogens with one attached hydrogen (secondary N) is 2. The van der Waals surface area contributed by atoms with Crippen LogP contribution in [0.3, 0.4) is 0 Å². The number of hydrogen-bond acceptors (Lipinski definition) is 4. The number of nitriles is 1. The summed E-state index contributed by atoms with van der Waals surface area (Å²) in [6.45, 7) is 1.60. The molecule has 1 heterocycles. The molecule has 0 spiro atoms. The number of carbonyl (C=O) groups excluding carboxylic acids is 1. The molecule has 2 aromatic carbocycles. The molecular weight excluding hydrogens is 438 g/mol. The minimum Gasteiger partial charge on any atom is -0.306 e. The predicted molar refractivity (Wildman–Crippen MR) is 114 cm³/mol. The Balaban J connectivity index is 2.04. The van der Waals surface area contributed by atoms with Crippen molar-refractivity contribution in [3.63, 3.8) is 0 Å². The summed E-state index contributed by atoms with van der Waals surface area (Å²) >= 11 is 0. The summed E-state index contributed by atoms with van der Waals surface area (Å²) in [6.07, 6.45) is 2.89. The molecule has 10 heteroatoms. The first-order chi connectivity index (χ1) is 15.1. The lowest BCUT2D eigenvalue weighted by atomic mass is 10.00. The van der Waals surface area contributed by atoms with Gasteiger partial charge < -0.3 is 5.10 Å². The zero-order valence-corrected chi connectivity index (χ0v) is 17.9. The highest BCUT2D eigenvalue weighted by molar-refractivity contribution is 7.92. The van der Waals surface area contributed by atoms with E-state index in [1.165, 1.54) is 41.3 Å². The van der Waals surface area contributed by atoms with Crippen LogP contribution in [-0.4, -0.2) is 24.0 Å². The summed E-state index contributed by atoms with van der Waals surface area (Å²) in [5.41, 5.74) is -0.0147. The van der Waals surface area contributed by atoms with Crippen molar-refractivity contribution in [2.75, 3.05) is 4.72 Å². The fourth-order valence-electron chi connectivity index (χ4n) is 2.93. The summed E-state index contributed by atoms with van der Waals surface area (Å²) < 4.78 is 56.9. The van der Waals surface area contributed by atoms with Gasteiger partial charge >= 0.3 is 0 Å². The molecule has 0 fully saturated rings. The highest BCUT2D eigenvalue weighted by Crippen LogP contribution is 2.24. The largest absolute Gasteiger partial charge is 0.306 e. The van der Waals surface area contributed by atoms with Crippen LogP contribution in [-0.2, 0) is 17.1 Å². The first kappa shape index (κ1) is 22.7. The van der Waals surface area contributed by atoms with Gasteiger partial charge in [0.15, 0.2) is 11.6 Å². The smallest absolute Gasteiger partial charge is 0.261 e. The zero-order valence-electron chi connectivity index (χ0n) is 17.1. The summed E-state index contributed by atoms with van der Waals surface area (Å²) in [5.74, 6) is -2.39. The van der Waals surface area contributed by atoms with Crippen molar-refractivity contribution in [2.45, 2.75) is 11.8 Å². The summed E-state index contributed by atoms with van der Waals surface area (Å²) in [4.78, 5) is 12.8. The van der Waals surface area contributed by atoms with Crippen molar-refractivity contribution in [3.05, 3.63) is 94.8 Å². The normalized spacial score (nSPS) is 10.8. The molecule has 164 valence electrons. The number of rotatable bonds is 5. The number of benzene rings is 2. The standard InChI is InChI=1S/C22H18F2N4O3S/c1-14-10-15(11-25)13-28(2)26-12-19(14)22(29)18-4-3-5-20(21(18)24)27-32(30,31)17-8-6-16(23)7-9-17/h3-10,12-13,26-27H,1-2H3. The third-order valence-corrected chi connectivity index (χ3v) is 5.91. The Bertz CT molecular complexity index is 1380. The van der Waals surface area contributed by atoms with Crippen LogP contribution >= 0.6 is 0 Å². The molecule has 0 aliphatic carbocycles. The second kappa shape index (κ2) is 9.03. The Labute approximate surface area is 183 Å². The first-order valence-corrected chi connectivity index (χ1v) is 10.7.